The molecule has 0 fully saturated rings. The molecule has 0 aliphatic carbocycles. The van der Waals surface area contributed by atoms with E-state index in [0.717, 1.165) is 16.4 Å². The maximum absolute atomic E-state index is 12.5. The third-order valence-corrected chi connectivity index (χ3v) is 5.35. The lowest BCUT2D eigenvalue weighted by Crippen LogP contribution is -2.26. The molecular weight excluding hydrogens is 371 g/mol. The van der Waals surface area contributed by atoms with Crippen LogP contribution in [0.4, 0.5) is 13.2 Å². The zero-order chi connectivity index (χ0) is 19.5. The molecule has 0 spiro atoms. The van der Waals surface area contributed by atoms with Crippen LogP contribution in [-0.2, 0) is 16.6 Å². The van der Waals surface area contributed by atoms with Crippen molar-refractivity contribution in [2.24, 2.45) is 0 Å². The molecule has 2 rings (SSSR count). The van der Waals surface area contributed by atoms with E-state index in [1.165, 1.54) is 50.4 Å². The second-order valence-corrected chi connectivity index (χ2v) is 7.58. The van der Waals surface area contributed by atoms with E-state index in [1.54, 1.807) is 0 Å². The van der Waals surface area contributed by atoms with Crippen molar-refractivity contribution in [2.45, 2.75) is 24.7 Å². The van der Waals surface area contributed by atoms with Gasteiger partial charge in [0.1, 0.15) is 5.75 Å². The van der Waals surface area contributed by atoms with Crippen LogP contribution in [0.5, 0.6) is 5.75 Å². The van der Waals surface area contributed by atoms with Gasteiger partial charge in [-0.15, -0.1) is 13.2 Å². The molecule has 0 saturated carbocycles. The predicted octanol–water partition coefficient (Wildman–Crippen LogP) is 3.61. The van der Waals surface area contributed by atoms with Gasteiger partial charge < -0.3 is 4.74 Å². The molecule has 140 valence electrons. The highest BCUT2D eigenvalue weighted by molar-refractivity contribution is 7.89. The SMILES string of the molecule is CC(=O)c1ccc(S(=O)(=O)N(C)Cc2ccc(OC(F)(F)F)cc2)cc1. The van der Waals surface area contributed by atoms with E-state index in [4.69, 9.17) is 0 Å². The summed E-state index contributed by atoms with van der Waals surface area (Å²) in [6, 6.07) is 10.5. The lowest BCUT2D eigenvalue weighted by Gasteiger charge is -2.18. The topological polar surface area (TPSA) is 63.7 Å². The summed E-state index contributed by atoms with van der Waals surface area (Å²) >= 11 is 0. The van der Waals surface area contributed by atoms with Crippen molar-refractivity contribution in [3.05, 3.63) is 59.7 Å². The molecule has 0 aromatic heterocycles. The fourth-order valence-corrected chi connectivity index (χ4v) is 3.34. The van der Waals surface area contributed by atoms with Crippen LogP contribution >= 0.6 is 0 Å². The zero-order valence-corrected chi connectivity index (χ0v) is 14.8. The third kappa shape index (κ3) is 5.06. The highest BCUT2D eigenvalue weighted by Gasteiger charge is 2.31. The number of sulfonamides is 1. The van der Waals surface area contributed by atoms with E-state index in [2.05, 4.69) is 4.74 Å². The molecule has 0 aliphatic rings. The monoisotopic (exact) mass is 387 g/mol. The largest absolute Gasteiger partial charge is 0.573 e. The summed E-state index contributed by atoms with van der Waals surface area (Å²) in [5.41, 5.74) is 0.887. The first-order valence-electron chi connectivity index (χ1n) is 7.41. The van der Waals surface area contributed by atoms with Gasteiger partial charge in [-0.2, -0.15) is 4.31 Å². The lowest BCUT2D eigenvalue weighted by molar-refractivity contribution is -0.274. The second-order valence-electron chi connectivity index (χ2n) is 5.53. The maximum Gasteiger partial charge on any atom is 0.573 e. The summed E-state index contributed by atoms with van der Waals surface area (Å²) in [7, 11) is -2.45. The molecule has 9 heteroatoms. The van der Waals surface area contributed by atoms with Gasteiger partial charge in [0.15, 0.2) is 5.78 Å². The van der Waals surface area contributed by atoms with Gasteiger partial charge in [0.2, 0.25) is 10.0 Å². The van der Waals surface area contributed by atoms with Crippen LogP contribution in [0.25, 0.3) is 0 Å². The van der Waals surface area contributed by atoms with Gasteiger partial charge >= 0.3 is 6.36 Å². The molecule has 0 bridgehead atoms. The number of benzene rings is 2. The average Bonchev–Trinajstić information content (AvgIpc) is 2.55. The van der Waals surface area contributed by atoms with E-state index < -0.39 is 16.4 Å². The molecule has 0 atom stereocenters. The van der Waals surface area contributed by atoms with Crippen LogP contribution in [0.3, 0.4) is 0 Å². The third-order valence-electron chi connectivity index (χ3n) is 3.53. The van der Waals surface area contributed by atoms with Crippen molar-refractivity contribution in [3.8, 4) is 5.75 Å². The molecule has 2 aromatic carbocycles. The molecule has 0 amide bonds. The number of ketones is 1. The normalized spacial score (nSPS) is 12.2. The number of Topliss-reactive ketones (excluding diaryl/α,β-unsaturated/α-hetero) is 1. The standard InChI is InChI=1S/C17H16F3NO4S/c1-12(22)14-5-9-16(10-6-14)26(23,24)21(2)11-13-3-7-15(8-4-13)25-17(18,19)20/h3-10H,11H2,1-2H3. The number of nitrogens with zero attached hydrogens (tertiary/aromatic N) is 1. The Bertz CT molecular complexity index is 876. The second kappa shape index (κ2) is 7.46. The fraction of sp³-hybridized carbons (Fsp3) is 0.235. The molecule has 5 nitrogen and oxygen atoms in total. The lowest BCUT2D eigenvalue weighted by atomic mass is 10.2. The quantitative estimate of drug-likeness (QED) is 0.711. The first-order chi connectivity index (χ1) is 12.0. The number of rotatable bonds is 6. The Kier molecular flexibility index (Phi) is 5.72. The van der Waals surface area contributed by atoms with Crippen molar-refractivity contribution in [2.75, 3.05) is 7.05 Å². The predicted molar refractivity (Wildman–Crippen MR) is 88.2 cm³/mol. The van der Waals surface area contributed by atoms with Gasteiger partial charge in [0.05, 0.1) is 4.90 Å². The van der Waals surface area contributed by atoms with Crippen molar-refractivity contribution >= 4 is 15.8 Å². The minimum atomic E-state index is -4.78. The van der Waals surface area contributed by atoms with Crippen molar-refractivity contribution < 1.29 is 31.1 Å². The van der Waals surface area contributed by atoms with Gasteiger partial charge in [-0.1, -0.05) is 24.3 Å². The highest BCUT2D eigenvalue weighted by atomic mass is 32.2. The van der Waals surface area contributed by atoms with Gasteiger partial charge in [0, 0.05) is 19.2 Å². The zero-order valence-electron chi connectivity index (χ0n) is 13.9. The highest BCUT2D eigenvalue weighted by Crippen LogP contribution is 2.24. The van der Waals surface area contributed by atoms with Crippen LogP contribution < -0.4 is 4.74 Å². The minimum Gasteiger partial charge on any atom is -0.406 e. The van der Waals surface area contributed by atoms with Gasteiger partial charge in [-0.3, -0.25) is 4.79 Å². The van der Waals surface area contributed by atoms with Gasteiger partial charge in [0.25, 0.3) is 0 Å². The van der Waals surface area contributed by atoms with Crippen LogP contribution in [0, 0.1) is 0 Å². The van der Waals surface area contributed by atoms with Crippen LogP contribution in [0.15, 0.2) is 53.4 Å². The summed E-state index contributed by atoms with van der Waals surface area (Å²) in [6.45, 7) is 1.34. The molecule has 0 radical (unpaired) electrons. The van der Waals surface area contributed by atoms with E-state index in [0.29, 0.717) is 11.1 Å². The molecule has 26 heavy (non-hydrogen) atoms. The van der Waals surface area contributed by atoms with E-state index >= 15 is 0 Å². The molecule has 0 unspecified atom stereocenters. The average molecular weight is 387 g/mol. The molecular formula is C17H16F3NO4S. The number of alkyl halides is 3. The number of hydrogen-bond acceptors (Lipinski definition) is 4. The van der Waals surface area contributed by atoms with Crippen molar-refractivity contribution in [3.63, 3.8) is 0 Å². The van der Waals surface area contributed by atoms with E-state index in [-0.39, 0.29) is 23.0 Å². The first-order valence-corrected chi connectivity index (χ1v) is 8.85. The number of hydrogen-bond donors (Lipinski definition) is 0. The Morgan fingerprint density at radius 1 is 1.04 bits per heavy atom. The Hall–Kier alpha value is -2.39. The van der Waals surface area contributed by atoms with Crippen molar-refractivity contribution in [1.29, 1.82) is 0 Å². The minimum absolute atomic E-state index is 0.0158. The number of carbonyl (C=O) groups is 1. The van der Waals surface area contributed by atoms with Crippen molar-refractivity contribution in [1.82, 2.24) is 4.31 Å². The Morgan fingerprint density at radius 3 is 2.04 bits per heavy atom. The molecule has 0 heterocycles. The molecule has 2 aromatic rings. The van der Waals surface area contributed by atoms with Crippen LogP contribution in [0.2, 0.25) is 0 Å². The first kappa shape index (κ1) is 19.9. The Balaban J connectivity index is 2.12. The summed E-state index contributed by atoms with van der Waals surface area (Å²) in [4.78, 5) is 11.3. The molecule has 0 saturated heterocycles. The van der Waals surface area contributed by atoms with Gasteiger partial charge in [-0.05, 0) is 36.8 Å². The fourth-order valence-electron chi connectivity index (χ4n) is 2.18. The Labute approximate surface area is 149 Å². The number of halogens is 3. The van der Waals surface area contributed by atoms with E-state index in [9.17, 15) is 26.4 Å². The van der Waals surface area contributed by atoms with Crippen LogP contribution in [0.1, 0.15) is 22.8 Å². The van der Waals surface area contributed by atoms with Crippen LogP contribution in [-0.4, -0.2) is 31.9 Å². The molecule has 0 aliphatic heterocycles. The smallest absolute Gasteiger partial charge is 0.406 e. The van der Waals surface area contributed by atoms with E-state index in [1.807, 2.05) is 0 Å². The number of ether oxygens (including phenoxy) is 1. The summed E-state index contributed by atoms with van der Waals surface area (Å²) in [5, 5.41) is 0. The maximum atomic E-state index is 12.5. The van der Waals surface area contributed by atoms with Gasteiger partial charge in [-0.25, -0.2) is 8.42 Å². The summed E-state index contributed by atoms with van der Waals surface area (Å²) in [5.74, 6) is -0.560. The summed E-state index contributed by atoms with van der Waals surface area (Å²) in [6.07, 6.45) is -4.78. The summed E-state index contributed by atoms with van der Waals surface area (Å²) < 4.78 is 66.3. The molecule has 0 N–H and O–H groups in total. The Morgan fingerprint density at radius 2 is 1.58 bits per heavy atom. The number of carbonyl (C=O) groups excluding carboxylic acids is 1.